The van der Waals surface area contributed by atoms with Crippen LogP contribution in [0.1, 0.15) is 5.56 Å². The quantitative estimate of drug-likeness (QED) is 0.811. The highest BCUT2D eigenvalue weighted by Gasteiger charge is 2.24. The van der Waals surface area contributed by atoms with E-state index in [0.29, 0.717) is 14.9 Å². The second-order valence-corrected chi connectivity index (χ2v) is 4.89. The molecule has 1 saturated heterocycles. The number of carbonyl (C=O) groups excluding carboxylic acids is 2. The molecule has 1 aliphatic rings. The Balaban J connectivity index is 2.32. The van der Waals surface area contributed by atoms with Gasteiger partial charge in [-0.1, -0.05) is 6.07 Å². The van der Waals surface area contributed by atoms with E-state index >= 15 is 0 Å². The molecule has 2 amide bonds. The zero-order valence-corrected chi connectivity index (χ0v) is 10.2. The first-order chi connectivity index (χ1) is 7.56. The molecule has 1 aliphatic heterocycles. The predicted molar refractivity (Wildman–Crippen MR) is 63.2 cm³/mol. The van der Waals surface area contributed by atoms with Gasteiger partial charge in [0.25, 0.3) is 11.1 Å². The van der Waals surface area contributed by atoms with Gasteiger partial charge < -0.3 is 0 Å². The summed E-state index contributed by atoms with van der Waals surface area (Å²) in [5.74, 6) is -0.794. The van der Waals surface area contributed by atoms with Crippen molar-refractivity contribution in [3.63, 3.8) is 0 Å². The van der Waals surface area contributed by atoms with E-state index in [2.05, 4.69) is 21.2 Å². The minimum Gasteiger partial charge on any atom is -0.282 e. The summed E-state index contributed by atoms with van der Waals surface area (Å²) in [5.41, 5.74) is 0.653. The number of imide groups is 1. The molecule has 0 unspecified atom stereocenters. The molecule has 3 nitrogen and oxygen atoms in total. The Labute approximate surface area is 103 Å². The van der Waals surface area contributed by atoms with Crippen molar-refractivity contribution in [3.05, 3.63) is 39.0 Å². The van der Waals surface area contributed by atoms with Crippen molar-refractivity contribution in [2.75, 3.05) is 0 Å². The lowest BCUT2D eigenvalue weighted by Crippen LogP contribution is -2.17. The van der Waals surface area contributed by atoms with Gasteiger partial charge in [-0.05, 0) is 51.5 Å². The van der Waals surface area contributed by atoms with E-state index in [1.54, 1.807) is 6.07 Å². The first-order valence-corrected chi connectivity index (χ1v) is 5.87. The van der Waals surface area contributed by atoms with E-state index < -0.39 is 11.1 Å². The van der Waals surface area contributed by atoms with Crippen LogP contribution in [0.25, 0.3) is 6.08 Å². The van der Waals surface area contributed by atoms with Crippen LogP contribution in [-0.4, -0.2) is 11.1 Å². The maximum absolute atomic E-state index is 12.9. The van der Waals surface area contributed by atoms with E-state index in [0.717, 1.165) is 11.8 Å². The molecular weight excluding hydrogens is 297 g/mol. The molecule has 0 bridgehead atoms. The summed E-state index contributed by atoms with van der Waals surface area (Å²) >= 11 is 3.87. The van der Waals surface area contributed by atoms with Gasteiger partial charge >= 0.3 is 0 Å². The highest BCUT2D eigenvalue weighted by molar-refractivity contribution is 9.10. The second-order valence-electron chi connectivity index (χ2n) is 3.03. The van der Waals surface area contributed by atoms with Crippen LogP contribution in [0.2, 0.25) is 0 Å². The van der Waals surface area contributed by atoms with Gasteiger partial charge in [-0.15, -0.1) is 0 Å². The Morgan fingerprint density at radius 1 is 1.38 bits per heavy atom. The molecule has 16 heavy (non-hydrogen) atoms. The van der Waals surface area contributed by atoms with Crippen molar-refractivity contribution in [2.45, 2.75) is 0 Å². The van der Waals surface area contributed by atoms with Crippen molar-refractivity contribution >= 4 is 44.9 Å². The number of thioether (sulfide) groups is 1. The summed E-state index contributed by atoms with van der Waals surface area (Å²) in [6, 6.07) is 4.36. The van der Waals surface area contributed by atoms with E-state index in [1.807, 2.05) is 0 Å². The van der Waals surface area contributed by atoms with Gasteiger partial charge in [-0.2, -0.15) is 0 Å². The predicted octanol–water partition coefficient (Wildman–Crippen LogP) is 2.91. The van der Waals surface area contributed by atoms with Crippen LogP contribution in [0.5, 0.6) is 0 Å². The Kier molecular flexibility index (Phi) is 3.11. The zero-order valence-electron chi connectivity index (χ0n) is 7.79. The monoisotopic (exact) mass is 301 g/mol. The van der Waals surface area contributed by atoms with E-state index in [4.69, 9.17) is 0 Å². The van der Waals surface area contributed by atoms with Gasteiger partial charge in [0.1, 0.15) is 5.82 Å². The van der Waals surface area contributed by atoms with Crippen LogP contribution in [0.4, 0.5) is 9.18 Å². The number of carbonyl (C=O) groups is 2. The molecule has 1 fully saturated rings. The van der Waals surface area contributed by atoms with Crippen LogP contribution < -0.4 is 5.32 Å². The van der Waals surface area contributed by atoms with Crippen LogP contribution in [0.3, 0.4) is 0 Å². The highest BCUT2D eigenvalue weighted by Crippen LogP contribution is 2.26. The maximum Gasteiger partial charge on any atom is 0.290 e. The zero-order chi connectivity index (χ0) is 11.7. The van der Waals surface area contributed by atoms with E-state index in [1.165, 1.54) is 18.2 Å². The Hall–Kier alpha value is -1.14. The lowest BCUT2D eigenvalue weighted by Gasteiger charge is -1.97. The van der Waals surface area contributed by atoms with Gasteiger partial charge in [0, 0.05) is 0 Å². The van der Waals surface area contributed by atoms with Crippen molar-refractivity contribution in [1.29, 1.82) is 0 Å². The van der Waals surface area contributed by atoms with Crippen molar-refractivity contribution in [3.8, 4) is 0 Å². The Bertz CT molecular complexity index is 516. The van der Waals surface area contributed by atoms with Crippen LogP contribution in [0, 0.1) is 5.82 Å². The first-order valence-electron chi connectivity index (χ1n) is 4.26. The third-order valence-electron chi connectivity index (χ3n) is 1.88. The largest absolute Gasteiger partial charge is 0.290 e. The van der Waals surface area contributed by atoms with Crippen LogP contribution in [-0.2, 0) is 4.79 Å². The van der Waals surface area contributed by atoms with Crippen molar-refractivity contribution < 1.29 is 14.0 Å². The molecular formula is C10H5BrFNO2S. The third-order valence-corrected chi connectivity index (χ3v) is 3.30. The molecule has 0 radical (unpaired) electrons. The average molecular weight is 302 g/mol. The van der Waals surface area contributed by atoms with Crippen molar-refractivity contribution in [1.82, 2.24) is 5.32 Å². The molecule has 6 heteroatoms. The SMILES string of the molecule is O=C1NC(=O)/C(=C\c2ccc(F)c(Br)c2)S1. The summed E-state index contributed by atoms with van der Waals surface area (Å²) in [7, 11) is 0. The number of amides is 2. The molecule has 0 saturated carbocycles. The summed E-state index contributed by atoms with van der Waals surface area (Å²) in [4.78, 5) is 22.4. The third kappa shape index (κ3) is 2.33. The minimum absolute atomic E-state index is 0.309. The van der Waals surface area contributed by atoms with Gasteiger partial charge in [-0.25, -0.2) is 4.39 Å². The highest BCUT2D eigenvalue weighted by atomic mass is 79.9. The minimum atomic E-state index is -0.421. The second kappa shape index (κ2) is 4.39. The Morgan fingerprint density at radius 3 is 2.69 bits per heavy atom. The molecule has 0 aliphatic carbocycles. The normalized spacial score (nSPS) is 18.0. The van der Waals surface area contributed by atoms with Gasteiger partial charge in [0.15, 0.2) is 0 Å². The average Bonchev–Trinajstić information content (AvgIpc) is 2.51. The summed E-state index contributed by atoms with van der Waals surface area (Å²) in [5, 5.41) is 1.75. The molecule has 1 aromatic carbocycles. The number of benzene rings is 1. The number of hydrogen-bond acceptors (Lipinski definition) is 3. The van der Waals surface area contributed by atoms with E-state index in [-0.39, 0.29) is 5.82 Å². The number of halogens is 2. The van der Waals surface area contributed by atoms with E-state index in [9.17, 15) is 14.0 Å². The van der Waals surface area contributed by atoms with Crippen LogP contribution in [0.15, 0.2) is 27.6 Å². The smallest absolute Gasteiger partial charge is 0.282 e. The molecule has 1 heterocycles. The van der Waals surface area contributed by atoms with Gasteiger partial charge in [0.2, 0.25) is 0 Å². The lowest BCUT2D eigenvalue weighted by atomic mass is 10.2. The maximum atomic E-state index is 12.9. The molecule has 0 aromatic heterocycles. The fourth-order valence-corrected chi connectivity index (χ4v) is 2.25. The molecule has 1 aromatic rings. The molecule has 0 atom stereocenters. The molecule has 82 valence electrons. The number of hydrogen-bond donors (Lipinski definition) is 1. The molecule has 0 spiro atoms. The topological polar surface area (TPSA) is 46.2 Å². The fourth-order valence-electron chi connectivity index (χ4n) is 1.17. The molecule has 1 N–H and O–H groups in total. The Morgan fingerprint density at radius 2 is 2.12 bits per heavy atom. The van der Waals surface area contributed by atoms with Crippen molar-refractivity contribution in [2.24, 2.45) is 0 Å². The van der Waals surface area contributed by atoms with Gasteiger partial charge in [-0.3, -0.25) is 14.9 Å². The lowest BCUT2D eigenvalue weighted by molar-refractivity contribution is -0.115. The number of nitrogens with one attached hydrogen (secondary N) is 1. The summed E-state index contributed by atoms with van der Waals surface area (Å²) < 4.78 is 13.3. The summed E-state index contributed by atoms with van der Waals surface area (Å²) in [6.45, 7) is 0. The summed E-state index contributed by atoms with van der Waals surface area (Å²) in [6.07, 6.45) is 1.54. The number of rotatable bonds is 1. The van der Waals surface area contributed by atoms with Gasteiger partial charge in [0.05, 0.1) is 9.38 Å². The van der Waals surface area contributed by atoms with Crippen LogP contribution >= 0.6 is 27.7 Å². The fraction of sp³-hybridized carbons (Fsp3) is 0. The standard InChI is InChI=1S/C10H5BrFNO2S/c11-6-3-5(1-2-7(6)12)4-8-9(14)13-10(15)16-8/h1-4H,(H,13,14,15)/b8-4+. The molecule has 2 rings (SSSR count). The first kappa shape index (κ1) is 11.3.